The summed E-state index contributed by atoms with van der Waals surface area (Å²) >= 11 is 0. The van der Waals surface area contributed by atoms with E-state index in [0.717, 1.165) is 5.56 Å². The van der Waals surface area contributed by atoms with Crippen LogP contribution in [-0.2, 0) is 20.7 Å². The SMILES string of the molecule is COCC(=O)N1CCO[C@H](Cc2cccc(F)c2)C1. The average molecular weight is 267 g/mol. The summed E-state index contributed by atoms with van der Waals surface area (Å²) in [5.41, 5.74) is 0.881. The maximum atomic E-state index is 13.1. The molecule has 104 valence electrons. The maximum Gasteiger partial charge on any atom is 0.248 e. The lowest BCUT2D eigenvalue weighted by atomic mass is 10.1. The van der Waals surface area contributed by atoms with Crippen molar-refractivity contribution in [2.45, 2.75) is 12.5 Å². The van der Waals surface area contributed by atoms with E-state index in [1.54, 1.807) is 11.0 Å². The Labute approximate surface area is 112 Å². The monoisotopic (exact) mass is 267 g/mol. The molecule has 1 fully saturated rings. The summed E-state index contributed by atoms with van der Waals surface area (Å²) in [7, 11) is 1.50. The fourth-order valence-corrected chi connectivity index (χ4v) is 2.21. The van der Waals surface area contributed by atoms with Gasteiger partial charge in [0.1, 0.15) is 12.4 Å². The molecule has 1 aliphatic heterocycles. The van der Waals surface area contributed by atoms with Gasteiger partial charge >= 0.3 is 0 Å². The molecule has 1 heterocycles. The minimum Gasteiger partial charge on any atom is -0.375 e. The Kier molecular flexibility index (Phi) is 4.87. The van der Waals surface area contributed by atoms with Crippen molar-refractivity contribution in [3.63, 3.8) is 0 Å². The van der Waals surface area contributed by atoms with Crippen molar-refractivity contribution in [1.29, 1.82) is 0 Å². The second-order valence-electron chi connectivity index (χ2n) is 4.60. The Morgan fingerprint density at radius 1 is 1.58 bits per heavy atom. The minimum absolute atomic E-state index is 0.0324. The van der Waals surface area contributed by atoms with Crippen molar-refractivity contribution in [2.75, 3.05) is 33.4 Å². The summed E-state index contributed by atoms with van der Waals surface area (Å²) in [6.45, 7) is 1.71. The molecule has 0 aromatic heterocycles. The first-order valence-electron chi connectivity index (χ1n) is 6.32. The van der Waals surface area contributed by atoms with E-state index in [1.807, 2.05) is 6.07 Å². The third kappa shape index (κ3) is 4.01. The average Bonchev–Trinajstić information content (AvgIpc) is 2.39. The summed E-state index contributed by atoms with van der Waals surface area (Å²) in [6.07, 6.45) is 0.519. The van der Waals surface area contributed by atoms with E-state index in [2.05, 4.69) is 0 Å². The predicted molar refractivity (Wildman–Crippen MR) is 68.3 cm³/mol. The fraction of sp³-hybridized carbons (Fsp3) is 0.500. The van der Waals surface area contributed by atoms with Crippen LogP contribution < -0.4 is 0 Å². The van der Waals surface area contributed by atoms with Crippen LogP contribution in [0.1, 0.15) is 5.56 Å². The van der Waals surface area contributed by atoms with Crippen LogP contribution in [0.2, 0.25) is 0 Å². The number of morpholine rings is 1. The van der Waals surface area contributed by atoms with Gasteiger partial charge in [0.05, 0.1) is 12.7 Å². The highest BCUT2D eigenvalue weighted by Gasteiger charge is 2.24. The molecular weight excluding hydrogens is 249 g/mol. The van der Waals surface area contributed by atoms with Gasteiger partial charge in [-0.3, -0.25) is 4.79 Å². The van der Waals surface area contributed by atoms with Crippen LogP contribution in [0.25, 0.3) is 0 Å². The molecule has 0 aliphatic carbocycles. The number of halogens is 1. The largest absolute Gasteiger partial charge is 0.375 e. The van der Waals surface area contributed by atoms with Gasteiger partial charge in [0.2, 0.25) is 5.91 Å². The fourth-order valence-electron chi connectivity index (χ4n) is 2.21. The van der Waals surface area contributed by atoms with Gasteiger partial charge in [0.15, 0.2) is 0 Å². The van der Waals surface area contributed by atoms with E-state index in [4.69, 9.17) is 9.47 Å². The summed E-state index contributed by atoms with van der Waals surface area (Å²) in [4.78, 5) is 13.5. The second kappa shape index (κ2) is 6.63. The maximum absolute atomic E-state index is 13.1. The quantitative estimate of drug-likeness (QED) is 0.824. The van der Waals surface area contributed by atoms with E-state index in [-0.39, 0.29) is 24.4 Å². The Balaban J connectivity index is 1.92. The normalized spacial score (nSPS) is 19.5. The lowest BCUT2D eigenvalue weighted by Gasteiger charge is -2.33. The van der Waals surface area contributed by atoms with Crippen molar-refractivity contribution < 1.29 is 18.7 Å². The van der Waals surface area contributed by atoms with E-state index in [9.17, 15) is 9.18 Å². The zero-order valence-electron chi connectivity index (χ0n) is 11.0. The lowest BCUT2D eigenvalue weighted by molar-refractivity contribution is -0.142. The molecule has 1 atom stereocenters. The molecule has 0 radical (unpaired) electrons. The standard InChI is InChI=1S/C14H18FNO3/c1-18-10-14(17)16-5-6-19-13(9-16)8-11-3-2-4-12(15)7-11/h2-4,7,13H,5-6,8-10H2,1H3/t13-/m1/s1. The number of methoxy groups -OCH3 is 1. The molecular formula is C14H18FNO3. The van der Waals surface area contributed by atoms with Gasteiger partial charge in [0.25, 0.3) is 0 Å². The number of rotatable bonds is 4. The van der Waals surface area contributed by atoms with Crippen molar-refractivity contribution >= 4 is 5.91 Å². The van der Waals surface area contributed by atoms with Crippen molar-refractivity contribution in [3.05, 3.63) is 35.6 Å². The van der Waals surface area contributed by atoms with Crippen LogP contribution >= 0.6 is 0 Å². The van der Waals surface area contributed by atoms with Crippen molar-refractivity contribution in [1.82, 2.24) is 4.90 Å². The van der Waals surface area contributed by atoms with Gasteiger partial charge in [-0.25, -0.2) is 4.39 Å². The van der Waals surface area contributed by atoms with Crippen LogP contribution in [-0.4, -0.2) is 50.3 Å². The van der Waals surface area contributed by atoms with Crippen molar-refractivity contribution in [2.24, 2.45) is 0 Å². The number of carbonyl (C=O) groups excluding carboxylic acids is 1. The van der Waals surface area contributed by atoms with Crippen LogP contribution in [0.15, 0.2) is 24.3 Å². The molecule has 0 unspecified atom stereocenters. The van der Waals surface area contributed by atoms with Crippen LogP contribution in [0.3, 0.4) is 0 Å². The minimum atomic E-state index is -0.249. The molecule has 1 aliphatic rings. The van der Waals surface area contributed by atoms with E-state index < -0.39 is 0 Å². The topological polar surface area (TPSA) is 38.8 Å². The van der Waals surface area contributed by atoms with Gasteiger partial charge in [-0.2, -0.15) is 0 Å². The van der Waals surface area contributed by atoms with Crippen LogP contribution in [0, 0.1) is 5.82 Å². The number of benzene rings is 1. The Bertz CT molecular complexity index is 438. The first-order chi connectivity index (χ1) is 9.19. The first kappa shape index (κ1) is 14.0. The van der Waals surface area contributed by atoms with Gasteiger partial charge in [-0.1, -0.05) is 12.1 Å². The number of carbonyl (C=O) groups is 1. The molecule has 2 rings (SSSR count). The highest BCUT2D eigenvalue weighted by Crippen LogP contribution is 2.13. The van der Waals surface area contributed by atoms with Crippen LogP contribution in [0.5, 0.6) is 0 Å². The first-order valence-corrected chi connectivity index (χ1v) is 6.32. The molecule has 1 saturated heterocycles. The summed E-state index contributed by atoms with van der Waals surface area (Å²) in [6, 6.07) is 6.46. The number of ether oxygens (including phenoxy) is 2. The summed E-state index contributed by atoms with van der Waals surface area (Å²) in [5, 5.41) is 0. The second-order valence-corrected chi connectivity index (χ2v) is 4.60. The van der Waals surface area contributed by atoms with Crippen LogP contribution in [0.4, 0.5) is 4.39 Å². The van der Waals surface area contributed by atoms with Gasteiger partial charge in [0, 0.05) is 26.6 Å². The Morgan fingerprint density at radius 2 is 2.42 bits per heavy atom. The molecule has 0 N–H and O–H groups in total. The molecule has 1 aromatic rings. The Morgan fingerprint density at radius 3 is 3.16 bits per heavy atom. The molecule has 0 bridgehead atoms. The van der Waals surface area contributed by atoms with E-state index in [0.29, 0.717) is 26.1 Å². The number of hydrogen-bond acceptors (Lipinski definition) is 3. The highest BCUT2D eigenvalue weighted by atomic mass is 19.1. The third-order valence-electron chi connectivity index (χ3n) is 3.11. The molecule has 19 heavy (non-hydrogen) atoms. The van der Waals surface area contributed by atoms with E-state index in [1.165, 1.54) is 19.2 Å². The molecule has 4 nitrogen and oxygen atoms in total. The third-order valence-corrected chi connectivity index (χ3v) is 3.11. The highest BCUT2D eigenvalue weighted by molar-refractivity contribution is 5.77. The van der Waals surface area contributed by atoms with Gasteiger partial charge < -0.3 is 14.4 Å². The number of hydrogen-bond donors (Lipinski definition) is 0. The smallest absolute Gasteiger partial charge is 0.248 e. The molecule has 5 heteroatoms. The zero-order chi connectivity index (χ0) is 13.7. The van der Waals surface area contributed by atoms with E-state index >= 15 is 0 Å². The summed E-state index contributed by atoms with van der Waals surface area (Å²) < 4.78 is 23.6. The summed E-state index contributed by atoms with van der Waals surface area (Å²) in [5.74, 6) is -0.282. The Hall–Kier alpha value is -1.46. The number of nitrogens with zero attached hydrogens (tertiary/aromatic N) is 1. The lowest BCUT2D eigenvalue weighted by Crippen LogP contribution is -2.47. The van der Waals surface area contributed by atoms with Gasteiger partial charge in [-0.15, -0.1) is 0 Å². The number of amides is 1. The van der Waals surface area contributed by atoms with Gasteiger partial charge in [-0.05, 0) is 17.7 Å². The predicted octanol–water partition coefficient (Wildman–Crippen LogP) is 1.24. The zero-order valence-corrected chi connectivity index (χ0v) is 11.0. The molecule has 1 aromatic carbocycles. The molecule has 1 amide bonds. The molecule has 0 spiro atoms. The van der Waals surface area contributed by atoms with Crippen molar-refractivity contribution in [3.8, 4) is 0 Å². The molecule has 0 saturated carbocycles.